The maximum atomic E-state index is 6.60. The summed E-state index contributed by atoms with van der Waals surface area (Å²) in [7, 11) is -1.65. The molecule has 0 radical (unpaired) electrons. The average Bonchev–Trinajstić information content (AvgIpc) is 2.74. The van der Waals surface area contributed by atoms with Gasteiger partial charge in [0, 0.05) is 12.3 Å². The number of nitrogens with zero attached hydrogens (tertiary/aromatic N) is 2. The number of halogens is 1. The van der Waals surface area contributed by atoms with Gasteiger partial charge in [-0.25, -0.2) is 0 Å². The Morgan fingerprint density at radius 2 is 2.05 bits per heavy atom. The quantitative estimate of drug-likeness (QED) is 0.522. The maximum Gasteiger partial charge on any atom is 0.192 e. The predicted molar refractivity (Wildman–Crippen MR) is 94.5 cm³/mol. The minimum atomic E-state index is -1.65. The Morgan fingerprint density at radius 1 is 1.35 bits per heavy atom. The average molecular weight is 406 g/mol. The van der Waals surface area contributed by atoms with Crippen LogP contribution in [0.15, 0.2) is 12.3 Å². The van der Waals surface area contributed by atoms with Crippen LogP contribution in [0.4, 0.5) is 0 Å². The van der Waals surface area contributed by atoms with Gasteiger partial charge in [0.15, 0.2) is 8.32 Å². The molecule has 5 heteroatoms. The molecule has 0 unspecified atom stereocenters. The van der Waals surface area contributed by atoms with Gasteiger partial charge in [-0.05, 0) is 72.5 Å². The minimum Gasteiger partial charge on any atom is -0.414 e. The zero-order valence-corrected chi connectivity index (χ0v) is 16.5. The number of rotatable bonds is 3. The van der Waals surface area contributed by atoms with Crippen LogP contribution in [0.2, 0.25) is 18.1 Å². The van der Waals surface area contributed by atoms with Crippen LogP contribution in [0.5, 0.6) is 0 Å². The van der Waals surface area contributed by atoms with Crippen molar-refractivity contribution in [2.75, 3.05) is 0 Å². The topological polar surface area (TPSA) is 27.1 Å². The molecule has 1 aliphatic rings. The van der Waals surface area contributed by atoms with Crippen LogP contribution in [-0.4, -0.2) is 24.2 Å². The molecule has 0 aliphatic heterocycles. The summed E-state index contributed by atoms with van der Waals surface area (Å²) in [6.45, 7) is 11.7. The van der Waals surface area contributed by atoms with Crippen molar-refractivity contribution in [1.29, 1.82) is 0 Å². The minimum absolute atomic E-state index is 0.293. The molecule has 1 aromatic rings. The summed E-state index contributed by atoms with van der Waals surface area (Å²) in [5, 5.41) is 4.87. The summed E-state index contributed by atoms with van der Waals surface area (Å²) in [4.78, 5) is 0. The fraction of sp³-hybridized carbons (Fsp3) is 0.800. The second-order valence-corrected chi connectivity index (χ2v) is 13.3. The molecule has 0 N–H and O–H groups in total. The van der Waals surface area contributed by atoms with Crippen molar-refractivity contribution in [2.24, 2.45) is 0 Å². The Balaban J connectivity index is 2.01. The smallest absolute Gasteiger partial charge is 0.192 e. The lowest BCUT2D eigenvalue weighted by molar-refractivity contribution is 0.108. The maximum absolute atomic E-state index is 6.60. The van der Waals surface area contributed by atoms with E-state index in [1.807, 2.05) is 0 Å². The molecule has 0 spiro atoms. The van der Waals surface area contributed by atoms with Gasteiger partial charge >= 0.3 is 0 Å². The van der Waals surface area contributed by atoms with Gasteiger partial charge in [0.25, 0.3) is 0 Å². The van der Waals surface area contributed by atoms with Gasteiger partial charge < -0.3 is 4.43 Å². The summed E-state index contributed by atoms with van der Waals surface area (Å²) < 4.78 is 9.82. The van der Waals surface area contributed by atoms with E-state index in [1.54, 1.807) is 0 Å². The van der Waals surface area contributed by atoms with Gasteiger partial charge in [-0.3, -0.25) is 4.68 Å². The molecule has 0 saturated heterocycles. The molecule has 2 rings (SSSR count). The van der Waals surface area contributed by atoms with E-state index < -0.39 is 8.32 Å². The summed E-state index contributed by atoms with van der Waals surface area (Å²) >= 11 is 2.28. The van der Waals surface area contributed by atoms with E-state index in [0.29, 0.717) is 17.2 Å². The van der Waals surface area contributed by atoms with E-state index in [9.17, 15) is 0 Å². The second-order valence-electron chi connectivity index (χ2n) is 7.44. The highest BCUT2D eigenvalue weighted by Crippen LogP contribution is 2.40. The Labute approximate surface area is 137 Å². The number of hydrogen-bond donors (Lipinski definition) is 0. The third kappa shape index (κ3) is 3.85. The molecule has 1 saturated carbocycles. The molecule has 0 amide bonds. The predicted octanol–water partition coefficient (Wildman–Crippen LogP) is 4.99. The first-order chi connectivity index (χ1) is 9.19. The van der Waals surface area contributed by atoms with Gasteiger partial charge in [-0.15, -0.1) is 0 Å². The molecule has 1 fully saturated rings. The summed E-state index contributed by atoms with van der Waals surface area (Å²) in [5.41, 5.74) is 0. The van der Waals surface area contributed by atoms with E-state index in [2.05, 4.69) is 78.5 Å². The Hall–Kier alpha value is 0.117. The molecular formula is C15H27IN2OSi. The lowest BCUT2D eigenvalue weighted by Gasteiger charge is -2.41. The molecule has 0 aromatic carbocycles. The van der Waals surface area contributed by atoms with Crippen molar-refractivity contribution in [3.8, 4) is 0 Å². The molecular weight excluding hydrogens is 379 g/mol. The molecule has 0 bridgehead atoms. The summed E-state index contributed by atoms with van der Waals surface area (Å²) in [6.07, 6.45) is 7.33. The lowest BCUT2D eigenvalue weighted by atomic mass is 9.93. The standard InChI is InChI=1S/C15H27IN2OSi/c1-15(2,3)20(4,5)19-13-8-6-7-12(11-13)18-10-9-14(16)17-18/h9-10,12-13H,6-8,11H2,1-5H3/t12-,13-/m0/s1. The molecule has 2 atom stereocenters. The van der Waals surface area contributed by atoms with Gasteiger partial charge in [-0.2, -0.15) is 5.10 Å². The van der Waals surface area contributed by atoms with Crippen LogP contribution in [0.25, 0.3) is 0 Å². The van der Waals surface area contributed by atoms with Crippen molar-refractivity contribution in [3.05, 3.63) is 16.0 Å². The fourth-order valence-electron chi connectivity index (χ4n) is 2.58. The largest absolute Gasteiger partial charge is 0.414 e. The highest BCUT2D eigenvalue weighted by atomic mass is 127. The number of aromatic nitrogens is 2. The van der Waals surface area contributed by atoms with Gasteiger partial charge in [0.2, 0.25) is 0 Å². The first kappa shape index (κ1) is 16.5. The third-order valence-electron chi connectivity index (χ3n) is 4.82. The third-order valence-corrected chi connectivity index (χ3v) is 9.93. The zero-order chi connectivity index (χ0) is 15.0. The normalized spacial score (nSPS) is 24.9. The van der Waals surface area contributed by atoms with Crippen LogP contribution in [0.1, 0.15) is 52.5 Å². The van der Waals surface area contributed by atoms with Crippen molar-refractivity contribution < 1.29 is 4.43 Å². The second kappa shape index (κ2) is 6.08. The highest BCUT2D eigenvalue weighted by molar-refractivity contribution is 14.1. The van der Waals surface area contributed by atoms with E-state index in [-0.39, 0.29) is 0 Å². The van der Waals surface area contributed by atoms with Gasteiger partial charge in [0.05, 0.1) is 6.04 Å². The Bertz CT molecular complexity index is 453. The van der Waals surface area contributed by atoms with Crippen molar-refractivity contribution in [3.63, 3.8) is 0 Å². The Kier molecular flexibility index (Phi) is 5.01. The molecule has 1 aromatic heterocycles. The van der Waals surface area contributed by atoms with Crippen LogP contribution < -0.4 is 0 Å². The molecule has 1 heterocycles. The first-order valence-electron chi connectivity index (χ1n) is 7.57. The van der Waals surface area contributed by atoms with Gasteiger partial charge in [0.1, 0.15) is 3.70 Å². The highest BCUT2D eigenvalue weighted by Gasteiger charge is 2.40. The van der Waals surface area contributed by atoms with E-state index in [4.69, 9.17) is 4.43 Å². The molecule has 3 nitrogen and oxygen atoms in total. The fourth-order valence-corrected chi connectivity index (χ4v) is 4.39. The van der Waals surface area contributed by atoms with E-state index in [0.717, 1.165) is 10.1 Å². The van der Waals surface area contributed by atoms with Gasteiger partial charge in [-0.1, -0.05) is 20.8 Å². The van der Waals surface area contributed by atoms with Crippen molar-refractivity contribution in [1.82, 2.24) is 9.78 Å². The zero-order valence-electron chi connectivity index (χ0n) is 13.3. The first-order valence-corrected chi connectivity index (χ1v) is 11.6. The van der Waals surface area contributed by atoms with E-state index >= 15 is 0 Å². The monoisotopic (exact) mass is 406 g/mol. The van der Waals surface area contributed by atoms with Crippen molar-refractivity contribution >= 4 is 30.9 Å². The number of hydrogen-bond acceptors (Lipinski definition) is 2. The molecule has 114 valence electrons. The summed E-state index contributed by atoms with van der Waals surface area (Å²) in [6, 6.07) is 2.60. The van der Waals surface area contributed by atoms with Crippen molar-refractivity contribution in [2.45, 2.75) is 76.7 Å². The van der Waals surface area contributed by atoms with Crippen LogP contribution in [-0.2, 0) is 4.43 Å². The van der Waals surface area contributed by atoms with Crippen LogP contribution >= 0.6 is 22.6 Å². The summed E-state index contributed by atoms with van der Waals surface area (Å²) in [5.74, 6) is 0. The molecule has 1 aliphatic carbocycles. The SMILES string of the molecule is CC(C)(C)[Si](C)(C)O[C@H]1CCC[C@H](n2ccc(I)n2)C1. The van der Waals surface area contributed by atoms with Crippen LogP contribution in [0, 0.1) is 3.70 Å². The molecule has 20 heavy (non-hydrogen) atoms. The Morgan fingerprint density at radius 3 is 2.60 bits per heavy atom. The van der Waals surface area contributed by atoms with E-state index in [1.165, 1.54) is 19.3 Å². The van der Waals surface area contributed by atoms with Crippen LogP contribution in [0.3, 0.4) is 0 Å². The lowest BCUT2D eigenvalue weighted by Crippen LogP contribution is -2.45.